The summed E-state index contributed by atoms with van der Waals surface area (Å²) in [5, 5.41) is 11.3. The third-order valence-electron chi connectivity index (χ3n) is 5.66. The number of hydrogen-bond acceptors (Lipinski definition) is 3. The van der Waals surface area contributed by atoms with E-state index >= 15 is 0 Å². The van der Waals surface area contributed by atoms with Crippen LogP contribution in [-0.4, -0.2) is 34.9 Å². The molecule has 4 rings (SSSR count). The number of fused-ring (bicyclic) bond motifs is 1. The molecule has 6 nitrogen and oxygen atoms in total. The van der Waals surface area contributed by atoms with Gasteiger partial charge in [-0.05, 0) is 44.2 Å². The first-order valence-corrected chi connectivity index (χ1v) is 10.0. The standard InChI is InChI=1S/C21H29N5O/c1-22-20(23-12-6-14-26-15-7-13-24-26)25-18-16-21(10-4-5-11-21)27-19-9-3-2-8-17(18)19/h2-3,7-9,13,15,18H,4-6,10-12,14,16H2,1H3,(H2,22,23,25). The third-order valence-corrected chi connectivity index (χ3v) is 5.66. The molecule has 1 unspecified atom stereocenters. The summed E-state index contributed by atoms with van der Waals surface area (Å²) in [5.74, 6) is 1.88. The summed E-state index contributed by atoms with van der Waals surface area (Å²) in [5.41, 5.74) is 1.22. The summed E-state index contributed by atoms with van der Waals surface area (Å²) in [6.45, 7) is 1.76. The van der Waals surface area contributed by atoms with Gasteiger partial charge in [-0.1, -0.05) is 18.2 Å². The lowest BCUT2D eigenvalue weighted by molar-refractivity contribution is 0.0396. The Morgan fingerprint density at radius 3 is 2.93 bits per heavy atom. The molecule has 1 aromatic heterocycles. The van der Waals surface area contributed by atoms with Crippen molar-refractivity contribution >= 4 is 5.96 Å². The van der Waals surface area contributed by atoms with Crippen LogP contribution in [0.15, 0.2) is 47.7 Å². The first kappa shape index (κ1) is 17.9. The highest BCUT2D eigenvalue weighted by Gasteiger charge is 2.43. The second-order valence-corrected chi connectivity index (χ2v) is 7.55. The van der Waals surface area contributed by atoms with Crippen LogP contribution in [0, 0.1) is 0 Å². The van der Waals surface area contributed by atoms with Gasteiger partial charge in [0.15, 0.2) is 5.96 Å². The molecule has 0 saturated heterocycles. The van der Waals surface area contributed by atoms with Gasteiger partial charge in [0.05, 0.1) is 6.04 Å². The van der Waals surface area contributed by atoms with Crippen molar-refractivity contribution in [2.75, 3.05) is 13.6 Å². The molecule has 1 aliphatic heterocycles. The van der Waals surface area contributed by atoms with E-state index in [1.807, 2.05) is 30.2 Å². The minimum Gasteiger partial charge on any atom is -0.487 e. The molecule has 2 aromatic rings. The van der Waals surface area contributed by atoms with Crippen molar-refractivity contribution in [3.63, 3.8) is 0 Å². The van der Waals surface area contributed by atoms with E-state index in [9.17, 15) is 0 Å². The monoisotopic (exact) mass is 367 g/mol. The number of hydrogen-bond donors (Lipinski definition) is 2. The minimum atomic E-state index is -0.00896. The molecule has 2 N–H and O–H groups in total. The average molecular weight is 367 g/mol. The van der Waals surface area contributed by atoms with Crippen molar-refractivity contribution in [3.8, 4) is 5.75 Å². The normalized spacial score (nSPS) is 20.9. The van der Waals surface area contributed by atoms with Crippen LogP contribution in [0.3, 0.4) is 0 Å². The zero-order valence-electron chi connectivity index (χ0n) is 16.0. The maximum atomic E-state index is 6.46. The zero-order valence-corrected chi connectivity index (χ0v) is 16.0. The first-order chi connectivity index (χ1) is 13.3. The molecule has 1 aliphatic carbocycles. The van der Waals surface area contributed by atoms with Gasteiger partial charge in [-0.2, -0.15) is 5.10 Å². The number of nitrogens with one attached hydrogen (secondary N) is 2. The topological polar surface area (TPSA) is 63.5 Å². The first-order valence-electron chi connectivity index (χ1n) is 10.0. The van der Waals surface area contributed by atoms with Gasteiger partial charge in [-0.3, -0.25) is 9.67 Å². The van der Waals surface area contributed by atoms with Crippen LogP contribution in [0.25, 0.3) is 0 Å². The number of nitrogens with zero attached hydrogens (tertiary/aromatic N) is 3. The number of rotatable bonds is 5. The predicted molar refractivity (Wildman–Crippen MR) is 107 cm³/mol. The molecule has 0 radical (unpaired) electrons. The van der Waals surface area contributed by atoms with Crippen LogP contribution < -0.4 is 15.4 Å². The van der Waals surface area contributed by atoms with E-state index in [1.165, 1.54) is 18.4 Å². The van der Waals surface area contributed by atoms with E-state index in [4.69, 9.17) is 4.74 Å². The van der Waals surface area contributed by atoms with E-state index in [0.717, 1.165) is 50.5 Å². The van der Waals surface area contributed by atoms with Gasteiger partial charge in [-0.15, -0.1) is 0 Å². The van der Waals surface area contributed by atoms with Crippen molar-refractivity contribution in [2.45, 2.75) is 56.7 Å². The number of ether oxygens (including phenoxy) is 1. The second-order valence-electron chi connectivity index (χ2n) is 7.55. The van der Waals surface area contributed by atoms with Crippen molar-refractivity contribution in [2.24, 2.45) is 4.99 Å². The predicted octanol–water partition coefficient (Wildman–Crippen LogP) is 3.27. The number of guanidine groups is 1. The Kier molecular flexibility index (Phi) is 5.32. The van der Waals surface area contributed by atoms with Gasteiger partial charge in [0.2, 0.25) is 0 Å². The fraction of sp³-hybridized carbons (Fsp3) is 0.524. The van der Waals surface area contributed by atoms with E-state index < -0.39 is 0 Å². The molecule has 2 aliphatic rings. The van der Waals surface area contributed by atoms with Crippen molar-refractivity contribution in [1.29, 1.82) is 0 Å². The van der Waals surface area contributed by atoms with Gasteiger partial charge in [0.1, 0.15) is 11.4 Å². The molecule has 1 saturated carbocycles. The molecule has 27 heavy (non-hydrogen) atoms. The smallest absolute Gasteiger partial charge is 0.191 e. The number of para-hydroxylation sites is 1. The molecule has 6 heteroatoms. The Morgan fingerprint density at radius 2 is 2.15 bits per heavy atom. The van der Waals surface area contributed by atoms with Gasteiger partial charge >= 0.3 is 0 Å². The maximum Gasteiger partial charge on any atom is 0.191 e. The summed E-state index contributed by atoms with van der Waals surface area (Å²) in [4.78, 5) is 4.44. The number of aliphatic imine (C=N–C) groups is 1. The quantitative estimate of drug-likeness (QED) is 0.484. The molecular weight excluding hydrogens is 338 g/mol. The summed E-state index contributed by atoms with van der Waals surface area (Å²) in [7, 11) is 1.83. The van der Waals surface area contributed by atoms with Crippen molar-refractivity contribution in [3.05, 3.63) is 48.3 Å². The molecule has 1 spiro atoms. The largest absolute Gasteiger partial charge is 0.487 e. The van der Waals surface area contributed by atoms with Crippen LogP contribution >= 0.6 is 0 Å². The Bertz CT molecular complexity index is 765. The lowest BCUT2D eigenvalue weighted by atomic mass is 9.86. The Morgan fingerprint density at radius 1 is 1.30 bits per heavy atom. The van der Waals surface area contributed by atoms with Crippen molar-refractivity contribution < 1.29 is 4.74 Å². The van der Waals surface area contributed by atoms with Crippen molar-refractivity contribution in [1.82, 2.24) is 20.4 Å². The molecule has 1 fully saturated rings. The van der Waals surface area contributed by atoms with E-state index in [2.05, 4.69) is 45.0 Å². The molecule has 144 valence electrons. The van der Waals surface area contributed by atoms with Crippen LogP contribution in [0.2, 0.25) is 0 Å². The van der Waals surface area contributed by atoms with Crippen LogP contribution in [0.1, 0.15) is 50.1 Å². The summed E-state index contributed by atoms with van der Waals surface area (Å²) >= 11 is 0. The number of aryl methyl sites for hydroxylation is 1. The molecule has 0 bridgehead atoms. The lowest BCUT2D eigenvalue weighted by Gasteiger charge is -2.40. The van der Waals surface area contributed by atoms with E-state index in [1.54, 1.807) is 0 Å². The summed E-state index contributed by atoms with van der Waals surface area (Å²) in [6.07, 6.45) is 10.6. The van der Waals surface area contributed by atoms with Gasteiger partial charge in [0.25, 0.3) is 0 Å². The third kappa shape index (κ3) is 4.10. The number of benzene rings is 1. The fourth-order valence-electron chi connectivity index (χ4n) is 4.31. The summed E-state index contributed by atoms with van der Waals surface area (Å²) < 4.78 is 8.41. The average Bonchev–Trinajstić information content (AvgIpc) is 3.36. The molecule has 1 aromatic carbocycles. The molecule has 0 amide bonds. The Balaban J connectivity index is 1.38. The van der Waals surface area contributed by atoms with E-state index in [0.29, 0.717) is 0 Å². The second kappa shape index (κ2) is 8.03. The number of aromatic nitrogens is 2. The van der Waals surface area contributed by atoms with E-state index in [-0.39, 0.29) is 11.6 Å². The lowest BCUT2D eigenvalue weighted by Crippen LogP contribution is -2.46. The molecular formula is C21H29N5O. The zero-order chi connectivity index (χ0) is 18.5. The highest BCUT2D eigenvalue weighted by Crippen LogP contribution is 2.46. The SMILES string of the molecule is CN=C(NCCCn1cccn1)NC1CC2(CCCC2)Oc2ccccc21. The Hall–Kier alpha value is -2.50. The molecule has 2 heterocycles. The van der Waals surface area contributed by atoms with Gasteiger partial charge in [-0.25, -0.2) is 0 Å². The van der Waals surface area contributed by atoms with Crippen LogP contribution in [0.5, 0.6) is 5.75 Å². The van der Waals surface area contributed by atoms with Gasteiger partial charge in [0, 0.05) is 44.5 Å². The molecule has 1 atom stereocenters. The fourth-order valence-corrected chi connectivity index (χ4v) is 4.31. The van der Waals surface area contributed by atoms with Crippen LogP contribution in [-0.2, 0) is 6.54 Å². The summed E-state index contributed by atoms with van der Waals surface area (Å²) in [6, 6.07) is 10.6. The highest BCUT2D eigenvalue weighted by molar-refractivity contribution is 5.80. The van der Waals surface area contributed by atoms with Crippen LogP contribution in [0.4, 0.5) is 0 Å². The Labute approximate surface area is 161 Å². The minimum absolute atomic E-state index is 0.00896. The highest BCUT2D eigenvalue weighted by atomic mass is 16.5. The van der Waals surface area contributed by atoms with Gasteiger partial charge < -0.3 is 15.4 Å². The maximum absolute atomic E-state index is 6.46.